The van der Waals surface area contributed by atoms with E-state index in [4.69, 9.17) is 0 Å². The van der Waals surface area contributed by atoms with Gasteiger partial charge in [0.15, 0.2) is 0 Å². The number of para-hydroxylation sites is 1. The zero-order valence-corrected chi connectivity index (χ0v) is 38.6. The Hall–Kier alpha value is -9.04. The summed E-state index contributed by atoms with van der Waals surface area (Å²) in [6.07, 6.45) is 0. The zero-order chi connectivity index (χ0) is 46.4. The predicted molar refractivity (Wildman–Crippen MR) is 295 cm³/mol. The molecule has 0 bridgehead atoms. The van der Waals surface area contributed by atoms with Crippen molar-refractivity contribution in [3.8, 4) is 55.6 Å². The number of nitrogens with zero attached hydrogens (tertiary/aromatic N) is 1. The van der Waals surface area contributed by atoms with E-state index >= 15 is 0 Å². The summed E-state index contributed by atoms with van der Waals surface area (Å²) in [4.78, 5) is 2.42. The fraction of sp³-hybridized carbons (Fsp3) is 0.0145. The van der Waals surface area contributed by atoms with Crippen LogP contribution in [0.5, 0.6) is 0 Å². The van der Waals surface area contributed by atoms with Crippen molar-refractivity contribution in [3.05, 3.63) is 307 Å². The number of hydrogen-bond acceptors (Lipinski definition) is 1. The summed E-state index contributed by atoms with van der Waals surface area (Å²) in [5, 5.41) is 4.99. The van der Waals surface area contributed by atoms with Gasteiger partial charge in [0.1, 0.15) is 0 Å². The van der Waals surface area contributed by atoms with Crippen molar-refractivity contribution in [3.63, 3.8) is 0 Å². The van der Waals surface area contributed by atoms with Crippen LogP contribution in [0, 0.1) is 0 Å². The van der Waals surface area contributed by atoms with Crippen LogP contribution in [0.1, 0.15) is 22.3 Å². The molecule has 1 aliphatic rings. The summed E-state index contributed by atoms with van der Waals surface area (Å²) in [5.74, 6) is 0. The molecule has 0 saturated carbocycles. The summed E-state index contributed by atoms with van der Waals surface area (Å²) in [7, 11) is 0. The van der Waals surface area contributed by atoms with Gasteiger partial charge in [-0.25, -0.2) is 0 Å². The largest absolute Gasteiger partial charge is 0.310 e. The Morgan fingerprint density at radius 1 is 0.257 bits per heavy atom. The fourth-order valence-electron chi connectivity index (χ4n) is 11.3. The third-order valence-corrected chi connectivity index (χ3v) is 14.6. The van der Waals surface area contributed by atoms with Crippen LogP contribution in [0.25, 0.3) is 77.2 Å². The van der Waals surface area contributed by atoms with E-state index in [1.54, 1.807) is 0 Å². The molecule has 0 N–H and O–H groups in total. The third-order valence-electron chi connectivity index (χ3n) is 14.6. The first-order valence-corrected chi connectivity index (χ1v) is 24.2. The van der Waals surface area contributed by atoms with Gasteiger partial charge >= 0.3 is 0 Å². The Bertz CT molecular complexity index is 3810. The van der Waals surface area contributed by atoms with Gasteiger partial charge < -0.3 is 4.90 Å². The van der Waals surface area contributed by atoms with E-state index in [0.29, 0.717) is 0 Å². The number of hydrogen-bond donors (Lipinski definition) is 0. The van der Waals surface area contributed by atoms with Gasteiger partial charge in [-0.05, 0) is 130 Å². The van der Waals surface area contributed by atoms with E-state index in [0.717, 1.165) is 28.2 Å². The topological polar surface area (TPSA) is 3.24 Å². The lowest BCUT2D eigenvalue weighted by Crippen LogP contribution is -2.28. The lowest BCUT2D eigenvalue weighted by molar-refractivity contribution is 0.768. The maximum atomic E-state index is 2.42. The van der Waals surface area contributed by atoms with Crippen LogP contribution >= 0.6 is 0 Å². The van der Waals surface area contributed by atoms with Crippen LogP contribution in [0.2, 0.25) is 0 Å². The van der Waals surface area contributed by atoms with Crippen LogP contribution in [0.15, 0.2) is 285 Å². The second-order valence-corrected chi connectivity index (χ2v) is 18.4. The Kier molecular flexibility index (Phi) is 10.1. The van der Waals surface area contributed by atoms with Gasteiger partial charge in [-0.15, -0.1) is 0 Å². The molecule has 1 aliphatic carbocycles. The molecule has 0 unspecified atom stereocenters. The fourth-order valence-corrected chi connectivity index (χ4v) is 11.3. The number of rotatable bonds is 9. The molecular formula is C69H47N. The molecule has 0 atom stereocenters. The lowest BCUT2D eigenvalue weighted by Gasteiger charge is -2.34. The van der Waals surface area contributed by atoms with E-state index in [1.165, 1.54) is 88.3 Å². The van der Waals surface area contributed by atoms with Crippen LogP contribution in [0.4, 0.5) is 17.1 Å². The molecule has 70 heavy (non-hydrogen) atoms. The SMILES string of the molecule is c1ccc(C2(c3ccccc3)c3ccccc3-c3c(-c4ccc(N(c5ccc(-c6cccc7ccccc67)cc5)c5ccccc5-c5ccc(-c6ccc7ccccc7c6)cc5)cc4)cccc32)cc1. The predicted octanol–water partition coefficient (Wildman–Crippen LogP) is 18.5. The highest BCUT2D eigenvalue weighted by Gasteiger charge is 2.46. The molecule has 1 heteroatoms. The highest BCUT2D eigenvalue weighted by Crippen LogP contribution is 2.58. The first kappa shape index (κ1) is 41.2. The van der Waals surface area contributed by atoms with Crippen LogP contribution in [-0.2, 0) is 5.41 Å². The molecule has 0 aliphatic heterocycles. The smallest absolute Gasteiger partial charge is 0.0713 e. The van der Waals surface area contributed by atoms with Gasteiger partial charge in [0, 0.05) is 16.9 Å². The monoisotopic (exact) mass is 889 g/mol. The van der Waals surface area contributed by atoms with Gasteiger partial charge in [-0.1, -0.05) is 249 Å². The van der Waals surface area contributed by atoms with Crippen molar-refractivity contribution in [1.29, 1.82) is 0 Å². The van der Waals surface area contributed by atoms with Crippen molar-refractivity contribution in [2.75, 3.05) is 4.90 Å². The average Bonchev–Trinajstić information content (AvgIpc) is 3.75. The van der Waals surface area contributed by atoms with Crippen LogP contribution in [0.3, 0.4) is 0 Å². The van der Waals surface area contributed by atoms with Crippen molar-refractivity contribution in [2.45, 2.75) is 5.41 Å². The number of fused-ring (bicyclic) bond motifs is 5. The molecule has 0 fully saturated rings. The molecule has 12 aromatic rings. The molecule has 0 aromatic heterocycles. The quantitative estimate of drug-likeness (QED) is 0.140. The Morgan fingerprint density at radius 2 is 0.714 bits per heavy atom. The summed E-state index contributed by atoms with van der Waals surface area (Å²) >= 11 is 0. The van der Waals surface area contributed by atoms with Crippen molar-refractivity contribution in [2.24, 2.45) is 0 Å². The first-order valence-electron chi connectivity index (χ1n) is 24.2. The third kappa shape index (κ3) is 6.86. The molecule has 0 radical (unpaired) electrons. The van der Waals surface area contributed by atoms with E-state index in [9.17, 15) is 0 Å². The molecule has 328 valence electrons. The maximum absolute atomic E-state index is 2.42. The second-order valence-electron chi connectivity index (χ2n) is 18.4. The average molecular weight is 890 g/mol. The minimum Gasteiger partial charge on any atom is -0.310 e. The highest BCUT2D eigenvalue weighted by atomic mass is 15.1. The molecule has 1 nitrogen and oxygen atoms in total. The van der Waals surface area contributed by atoms with E-state index in [-0.39, 0.29) is 0 Å². The molecule has 0 saturated heterocycles. The lowest BCUT2D eigenvalue weighted by atomic mass is 9.67. The number of benzene rings is 12. The number of anilines is 3. The molecule has 13 rings (SSSR count). The minimum atomic E-state index is -0.462. The van der Waals surface area contributed by atoms with Crippen LogP contribution in [-0.4, -0.2) is 0 Å². The molecule has 0 amide bonds. The highest BCUT2D eigenvalue weighted by molar-refractivity contribution is 5.99. The van der Waals surface area contributed by atoms with Gasteiger partial charge in [0.25, 0.3) is 0 Å². The first-order chi connectivity index (χ1) is 34.7. The van der Waals surface area contributed by atoms with Gasteiger partial charge in [-0.2, -0.15) is 0 Å². The van der Waals surface area contributed by atoms with Gasteiger partial charge in [-0.3, -0.25) is 0 Å². The standard InChI is InChI=1S/C69H47N/c1-3-21-56(22-4-1)69(57-23-5-2-6-24-57)65-30-13-11-27-64(65)68-63(29-16-31-66(68)69)53-41-45-59(46-42-53)70(58-43-39-51(40-44-58)61-28-15-20-50-18-9-10-25-60(50)61)67-32-14-12-26-62(67)52-36-33-49(34-37-52)55-38-35-48-17-7-8-19-54(48)47-55/h1-47H. The Balaban J connectivity index is 0.936. The summed E-state index contributed by atoms with van der Waals surface area (Å²) in [5.41, 5.74) is 20.1. The molecule has 12 aromatic carbocycles. The van der Waals surface area contributed by atoms with Gasteiger partial charge in [0.2, 0.25) is 0 Å². The summed E-state index contributed by atoms with van der Waals surface area (Å²) < 4.78 is 0. The molecule has 0 spiro atoms. The Labute approximate surface area is 409 Å². The van der Waals surface area contributed by atoms with Crippen molar-refractivity contribution in [1.82, 2.24) is 0 Å². The minimum absolute atomic E-state index is 0.462. The summed E-state index contributed by atoms with van der Waals surface area (Å²) in [6, 6.07) is 105. The van der Waals surface area contributed by atoms with E-state index in [2.05, 4.69) is 290 Å². The van der Waals surface area contributed by atoms with Gasteiger partial charge in [0.05, 0.1) is 11.1 Å². The van der Waals surface area contributed by atoms with E-state index < -0.39 is 5.41 Å². The normalized spacial score (nSPS) is 12.4. The molecular weight excluding hydrogens is 843 g/mol. The summed E-state index contributed by atoms with van der Waals surface area (Å²) in [6.45, 7) is 0. The van der Waals surface area contributed by atoms with Crippen molar-refractivity contribution < 1.29 is 0 Å². The Morgan fingerprint density at radius 3 is 1.43 bits per heavy atom. The van der Waals surface area contributed by atoms with Crippen LogP contribution < -0.4 is 4.90 Å². The second kappa shape index (κ2) is 17.2. The van der Waals surface area contributed by atoms with E-state index in [1.807, 2.05) is 0 Å². The molecule has 0 heterocycles. The van der Waals surface area contributed by atoms with Crippen molar-refractivity contribution >= 4 is 38.6 Å². The maximum Gasteiger partial charge on any atom is 0.0713 e. The zero-order valence-electron chi connectivity index (χ0n) is 38.6.